The van der Waals surface area contributed by atoms with Crippen LogP contribution in [0.25, 0.3) is 0 Å². The van der Waals surface area contributed by atoms with Gasteiger partial charge in [-0.25, -0.2) is 0 Å². The van der Waals surface area contributed by atoms with Crippen molar-refractivity contribution in [1.82, 2.24) is 5.32 Å². The fourth-order valence-electron chi connectivity index (χ4n) is 3.54. The third kappa shape index (κ3) is 3.77. The van der Waals surface area contributed by atoms with Crippen molar-refractivity contribution in [3.8, 4) is 0 Å². The minimum absolute atomic E-state index is 0.0242. The lowest BCUT2D eigenvalue weighted by molar-refractivity contribution is -0.144. The first-order valence-corrected chi connectivity index (χ1v) is 9.06. The van der Waals surface area contributed by atoms with Crippen LogP contribution >= 0.6 is 15.9 Å². The van der Waals surface area contributed by atoms with Crippen LogP contribution in [-0.2, 0) is 15.0 Å². The summed E-state index contributed by atoms with van der Waals surface area (Å²) in [6.45, 7) is 0.682. The molecule has 0 saturated heterocycles. The van der Waals surface area contributed by atoms with E-state index in [1.54, 1.807) is 0 Å². The van der Waals surface area contributed by atoms with Crippen LogP contribution in [0.3, 0.4) is 0 Å². The number of amides is 1. The first kappa shape index (κ1) is 16.5. The van der Waals surface area contributed by atoms with Crippen LogP contribution in [0.15, 0.2) is 28.7 Å². The summed E-state index contributed by atoms with van der Waals surface area (Å²) in [6.07, 6.45) is 4.82. The molecule has 5 heteroatoms. The molecule has 124 valence electrons. The normalized spacial score (nSPS) is 25.6. The van der Waals surface area contributed by atoms with Gasteiger partial charge < -0.3 is 10.4 Å². The minimum Gasteiger partial charge on any atom is -0.481 e. The number of carbonyl (C=O) groups is 2. The van der Waals surface area contributed by atoms with Gasteiger partial charge in [-0.15, -0.1) is 0 Å². The maximum Gasteiger partial charge on any atom is 0.306 e. The Kier molecular flexibility index (Phi) is 4.76. The summed E-state index contributed by atoms with van der Waals surface area (Å²) in [5.74, 6) is -0.926. The molecular formula is C18H22BrNO3. The molecule has 2 aliphatic rings. The zero-order chi connectivity index (χ0) is 16.4. The van der Waals surface area contributed by atoms with Gasteiger partial charge in [0.15, 0.2) is 0 Å². The van der Waals surface area contributed by atoms with Gasteiger partial charge in [0, 0.05) is 22.4 Å². The molecule has 0 spiro atoms. The topological polar surface area (TPSA) is 66.4 Å². The van der Waals surface area contributed by atoms with E-state index >= 15 is 0 Å². The molecule has 0 atom stereocenters. The van der Waals surface area contributed by atoms with Gasteiger partial charge >= 0.3 is 5.97 Å². The Morgan fingerprint density at radius 3 is 2.39 bits per heavy atom. The van der Waals surface area contributed by atoms with E-state index in [1.807, 2.05) is 12.1 Å². The summed E-state index contributed by atoms with van der Waals surface area (Å²) < 4.78 is 1.07. The Morgan fingerprint density at radius 1 is 1.17 bits per heavy atom. The number of hydrogen-bond donors (Lipinski definition) is 2. The molecule has 1 aromatic carbocycles. The first-order chi connectivity index (χ1) is 11.0. The average Bonchev–Trinajstić information content (AvgIpc) is 3.34. The Bertz CT molecular complexity index is 604. The first-order valence-electron chi connectivity index (χ1n) is 8.27. The Labute approximate surface area is 144 Å². The molecule has 0 aliphatic heterocycles. The van der Waals surface area contributed by atoms with Crippen LogP contribution in [0, 0.1) is 11.8 Å². The molecule has 0 unspecified atom stereocenters. The lowest BCUT2D eigenvalue weighted by Crippen LogP contribution is -2.38. The summed E-state index contributed by atoms with van der Waals surface area (Å²) in [5, 5.41) is 12.1. The lowest BCUT2D eigenvalue weighted by atomic mass is 9.81. The van der Waals surface area contributed by atoms with Crippen molar-refractivity contribution in [2.45, 2.75) is 43.9 Å². The molecular weight excluding hydrogens is 358 g/mol. The van der Waals surface area contributed by atoms with E-state index in [9.17, 15) is 9.59 Å². The second kappa shape index (κ2) is 6.63. The molecule has 0 bridgehead atoms. The summed E-state index contributed by atoms with van der Waals surface area (Å²) >= 11 is 3.51. The van der Waals surface area contributed by atoms with E-state index in [-0.39, 0.29) is 23.2 Å². The van der Waals surface area contributed by atoms with E-state index in [0.29, 0.717) is 32.2 Å². The number of aliphatic carboxylic acids is 1. The maximum absolute atomic E-state index is 12.4. The van der Waals surface area contributed by atoms with Crippen molar-refractivity contribution >= 4 is 27.8 Å². The van der Waals surface area contributed by atoms with Gasteiger partial charge in [0.25, 0.3) is 0 Å². The fraction of sp³-hybridized carbons (Fsp3) is 0.556. The van der Waals surface area contributed by atoms with Crippen molar-refractivity contribution in [2.24, 2.45) is 11.8 Å². The highest BCUT2D eigenvalue weighted by atomic mass is 79.9. The molecule has 0 radical (unpaired) electrons. The Hall–Kier alpha value is -1.36. The predicted octanol–water partition coefficient (Wildman–Crippen LogP) is 3.49. The average molecular weight is 380 g/mol. The number of carboxylic acids is 1. The number of carbonyl (C=O) groups excluding carboxylic acids is 1. The summed E-state index contributed by atoms with van der Waals surface area (Å²) in [4.78, 5) is 23.4. The highest BCUT2D eigenvalue weighted by Gasteiger charge is 2.44. The van der Waals surface area contributed by atoms with Crippen LogP contribution in [0.1, 0.15) is 44.1 Å². The van der Waals surface area contributed by atoms with Crippen LogP contribution < -0.4 is 5.32 Å². The molecule has 23 heavy (non-hydrogen) atoms. The smallest absolute Gasteiger partial charge is 0.306 e. The molecule has 1 amide bonds. The molecule has 4 nitrogen and oxygen atoms in total. The fourth-order valence-corrected chi connectivity index (χ4v) is 3.94. The van der Waals surface area contributed by atoms with Gasteiger partial charge in [0.1, 0.15) is 0 Å². The van der Waals surface area contributed by atoms with Crippen LogP contribution in [-0.4, -0.2) is 23.5 Å². The largest absolute Gasteiger partial charge is 0.481 e. The second-order valence-corrected chi connectivity index (χ2v) is 7.81. The molecule has 2 saturated carbocycles. The Balaban J connectivity index is 1.53. The number of nitrogens with one attached hydrogen (secondary N) is 1. The maximum atomic E-state index is 12.4. The number of halogens is 1. The molecule has 2 fully saturated rings. The molecule has 1 aromatic rings. The van der Waals surface area contributed by atoms with Gasteiger partial charge in [-0.1, -0.05) is 28.1 Å². The number of hydrogen-bond acceptors (Lipinski definition) is 2. The zero-order valence-electron chi connectivity index (χ0n) is 13.1. The monoisotopic (exact) mass is 379 g/mol. The van der Waals surface area contributed by atoms with Crippen molar-refractivity contribution < 1.29 is 14.7 Å². The van der Waals surface area contributed by atoms with Crippen LogP contribution in [0.2, 0.25) is 0 Å². The van der Waals surface area contributed by atoms with Gasteiger partial charge in [-0.05, 0) is 56.2 Å². The molecule has 2 N–H and O–H groups in total. The SMILES string of the molecule is O=C(O)C1CCC(C(=O)NCC2(c3cccc(Br)c3)CC2)CC1. The number of benzene rings is 1. The van der Waals surface area contributed by atoms with Crippen LogP contribution in [0.5, 0.6) is 0 Å². The van der Waals surface area contributed by atoms with Crippen molar-refractivity contribution in [1.29, 1.82) is 0 Å². The van der Waals surface area contributed by atoms with Gasteiger partial charge in [-0.3, -0.25) is 9.59 Å². The summed E-state index contributed by atoms with van der Waals surface area (Å²) in [5.41, 5.74) is 1.37. The van der Waals surface area contributed by atoms with Crippen molar-refractivity contribution in [2.75, 3.05) is 6.54 Å². The van der Waals surface area contributed by atoms with E-state index in [2.05, 4.69) is 33.4 Å². The molecule has 3 rings (SSSR count). The number of rotatable bonds is 5. The molecule has 2 aliphatic carbocycles. The predicted molar refractivity (Wildman–Crippen MR) is 91.1 cm³/mol. The number of carboxylic acid groups (broad SMARTS) is 1. The highest BCUT2D eigenvalue weighted by molar-refractivity contribution is 9.10. The summed E-state index contributed by atoms with van der Waals surface area (Å²) in [6, 6.07) is 8.31. The highest BCUT2D eigenvalue weighted by Crippen LogP contribution is 2.48. The van der Waals surface area contributed by atoms with E-state index in [4.69, 9.17) is 5.11 Å². The van der Waals surface area contributed by atoms with Crippen LogP contribution in [0.4, 0.5) is 0 Å². The standard InChI is InChI=1S/C18H22BrNO3/c19-15-3-1-2-14(10-15)18(8-9-18)11-20-16(21)12-4-6-13(7-5-12)17(22)23/h1-3,10,12-13H,4-9,11H2,(H,20,21)(H,22,23). The molecule has 0 heterocycles. The third-order valence-electron chi connectivity index (χ3n) is 5.34. The van der Waals surface area contributed by atoms with E-state index in [0.717, 1.165) is 17.3 Å². The van der Waals surface area contributed by atoms with Gasteiger partial charge in [0.05, 0.1) is 5.92 Å². The second-order valence-electron chi connectivity index (χ2n) is 6.90. The van der Waals surface area contributed by atoms with Gasteiger partial charge in [0.2, 0.25) is 5.91 Å². The Morgan fingerprint density at radius 2 is 1.83 bits per heavy atom. The minimum atomic E-state index is -0.726. The van der Waals surface area contributed by atoms with E-state index < -0.39 is 5.97 Å². The van der Waals surface area contributed by atoms with E-state index in [1.165, 1.54) is 5.56 Å². The summed E-state index contributed by atoms with van der Waals surface area (Å²) in [7, 11) is 0. The van der Waals surface area contributed by atoms with Gasteiger partial charge in [-0.2, -0.15) is 0 Å². The lowest BCUT2D eigenvalue weighted by Gasteiger charge is -2.26. The third-order valence-corrected chi connectivity index (χ3v) is 5.83. The quantitative estimate of drug-likeness (QED) is 0.822. The van der Waals surface area contributed by atoms with Crippen molar-refractivity contribution in [3.05, 3.63) is 34.3 Å². The zero-order valence-corrected chi connectivity index (χ0v) is 14.6. The molecule has 0 aromatic heterocycles. The van der Waals surface area contributed by atoms with Crippen molar-refractivity contribution in [3.63, 3.8) is 0 Å².